The predicted molar refractivity (Wildman–Crippen MR) is 92.8 cm³/mol. The van der Waals surface area contributed by atoms with Gasteiger partial charge in [0, 0.05) is 31.7 Å². The summed E-state index contributed by atoms with van der Waals surface area (Å²) in [6, 6.07) is 5.81. The van der Waals surface area contributed by atoms with Gasteiger partial charge >= 0.3 is 5.97 Å². The Hall–Kier alpha value is -1.93. The first-order valence-electron chi connectivity index (χ1n) is 8.28. The molecule has 1 amide bonds. The van der Waals surface area contributed by atoms with Crippen molar-refractivity contribution in [1.29, 1.82) is 0 Å². The minimum atomic E-state index is -3.56. The van der Waals surface area contributed by atoms with Crippen LogP contribution in [0.2, 0.25) is 0 Å². The Bertz CT molecular complexity index is 756. The van der Waals surface area contributed by atoms with Gasteiger partial charge in [-0.25, -0.2) is 8.42 Å². The first-order valence-corrected chi connectivity index (χ1v) is 9.72. The van der Waals surface area contributed by atoms with Crippen LogP contribution in [-0.4, -0.2) is 60.8 Å². The minimum absolute atomic E-state index is 0.143. The van der Waals surface area contributed by atoms with E-state index in [9.17, 15) is 23.1 Å². The third kappa shape index (κ3) is 3.69. The fraction of sp³-hybridized carbons (Fsp3) is 0.529. The highest BCUT2D eigenvalue weighted by molar-refractivity contribution is 7.89. The quantitative estimate of drug-likeness (QED) is 0.824. The number of hydrogen-bond donors (Lipinski definition) is 1. The number of carbonyl (C=O) groups is 2. The molecule has 1 fully saturated rings. The minimum Gasteiger partial charge on any atom is -0.481 e. The van der Waals surface area contributed by atoms with Crippen molar-refractivity contribution in [1.82, 2.24) is 9.21 Å². The maximum atomic E-state index is 12.5. The molecule has 138 valence electrons. The molecule has 2 rings (SSSR count). The highest BCUT2D eigenvalue weighted by Crippen LogP contribution is 2.31. The van der Waals surface area contributed by atoms with Crippen LogP contribution in [0.15, 0.2) is 29.2 Å². The maximum Gasteiger partial charge on any atom is 0.311 e. The van der Waals surface area contributed by atoms with Gasteiger partial charge in [-0.15, -0.1) is 0 Å². The Balaban J connectivity index is 2.18. The van der Waals surface area contributed by atoms with Crippen LogP contribution in [0.25, 0.3) is 0 Å². The van der Waals surface area contributed by atoms with Crippen LogP contribution in [0.5, 0.6) is 0 Å². The third-order valence-corrected chi connectivity index (χ3v) is 6.79. The number of amides is 1. The van der Waals surface area contributed by atoms with Crippen LogP contribution < -0.4 is 0 Å². The van der Waals surface area contributed by atoms with Crippen molar-refractivity contribution in [2.24, 2.45) is 5.41 Å². The van der Waals surface area contributed by atoms with Gasteiger partial charge in [-0.2, -0.15) is 4.31 Å². The lowest BCUT2D eigenvalue weighted by molar-refractivity contribution is -0.147. The zero-order valence-electron chi connectivity index (χ0n) is 14.7. The average molecular weight is 368 g/mol. The van der Waals surface area contributed by atoms with E-state index in [0.29, 0.717) is 31.6 Å². The van der Waals surface area contributed by atoms with Crippen LogP contribution in [-0.2, 0) is 14.8 Å². The van der Waals surface area contributed by atoms with Gasteiger partial charge in [-0.3, -0.25) is 9.59 Å². The Morgan fingerprint density at radius 3 is 2.20 bits per heavy atom. The standard InChI is InChI=1S/C17H24N2O5S/c1-4-19(5-2)25(23,24)14-8-6-13(7-9-14)15(20)18-11-10-17(3,12-18)16(21)22/h6-9H,4-5,10-12H2,1-3H3,(H,21,22). The molecule has 25 heavy (non-hydrogen) atoms. The first kappa shape index (κ1) is 19.4. The molecule has 1 aromatic carbocycles. The van der Waals surface area contributed by atoms with E-state index in [4.69, 9.17) is 0 Å². The first-order chi connectivity index (χ1) is 11.7. The normalized spacial score (nSPS) is 20.9. The lowest BCUT2D eigenvalue weighted by Gasteiger charge is -2.21. The monoisotopic (exact) mass is 368 g/mol. The van der Waals surface area contributed by atoms with Gasteiger partial charge in [0.25, 0.3) is 5.91 Å². The molecule has 0 bridgehead atoms. The summed E-state index contributed by atoms with van der Waals surface area (Å²) in [7, 11) is -3.56. The molecule has 1 heterocycles. The summed E-state index contributed by atoms with van der Waals surface area (Å²) in [5.41, 5.74) is -0.574. The van der Waals surface area contributed by atoms with Crippen molar-refractivity contribution in [3.8, 4) is 0 Å². The molecule has 1 aliphatic heterocycles. The molecular weight excluding hydrogens is 344 g/mol. The zero-order chi connectivity index (χ0) is 18.8. The Morgan fingerprint density at radius 1 is 1.20 bits per heavy atom. The number of rotatable bonds is 6. The number of hydrogen-bond acceptors (Lipinski definition) is 4. The van der Waals surface area contributed by atoms with Gasteiger partial charge in [-0.1, -0.05) is 13.8 Å². The van der Waals surface area contributed by atoms with E-state index in [1.165, 1.54) is 33.5 Å². The summed E-state index contributed by atoms with van der Waals surface area (Å²) >= 11 is 0. The molecule has 1 aromatic rings. The number of benzene rings is 1. The smallest absolute Gasteiger partial charge is 0.311 e. The second kappa shape index (κ2) is 7.13. The van der Waals surface area contributed by atoms with Crippen LogP contribution in [0.1, 0.15) is 37.6 Å². The number of aliphatic carboxylic acids is 1. The van der Waals surface area contributed by atoms with E-state index in [-0.39, 0.29) is 17.3 Å². The number of nitrogens with zero attached hydrogens (tertiary/aromatic N) is 2. The molecule has 1 unspecified atom stereocenters. The van der Waals surface area contributed by atoms with Crippen LogP contribution >= 0.6 is 0 Å². The van der Waals surface area contributed by atoms with E-state index in [1.807, 2.05) is 0 Å². The van der Waals surface area contributed by atoms with Crippen LogP contribution in [0.3, 0.4) is 0 Å². The van der Waals surface area contributed by atoms with Gasteiger partial charge in [0.15, 0.2) is 0 Å². The summed E-state index contributed by atoms with van der Waals surface area (Å²) in [5.74, 6) is -1.19. The second-order valence-corrected chi connectivity index (χ2v) is 8.39. The van der Waals surface area contributed by atoms with Crippen molar-refractivity contribution in [3.63, 3.8) is 0 Å². The van der Waals surface area contributed by atoms with E-state index in [2.05, 4.69) is 0 Å². The average Bonchev–Trinajstić information content (AvgIpc) is 2.99. The van der Waals surface area contributed by atoms with E-state index < -0.39 is 21.4 Å². The van der Waals surface area contributed by atoms with Crippen molar-refractivity contribution in [3.05, 3.63) is 29.8 Å². The summed E-state index contributed by atoms with van der Waals surface area (Å²) in [6.45, 7) is 6.45. The molecule has 1 saturated heterocycles. The zero-order valence-corrected chi connectivity index (χ0v) is 15.5. The summed E-state index contributed by atoms with van der Waals surface area (Å²) in [4.78, 5) is 25.5. The van der Waals surface area contributed by atoms with Crippen LogP contribution in [0.4, 0.5) is 0 Å². The number of sulfonamides is 1. The van der Waals surface area contributed by atoms with Gasteiger partial charge in [0.05, 0.1) is 10.3 Å². The molecule has 1 aliphatic rings. The van der Waals surface area contributed by atoms with Gasteiger partial charge in [-0.05, 0) is 37.6 Å². The van der Waals surface area contributed by atoms with Crippen molar-refractivity contribution < 1.29 is 23.1 Å². The summed E-state index contributed by atoms with van der Waals surface area (Å²) in [5, 5.41) is 9.26. The number of carboxylic acid groups (broad SMARTS) is 1. The van der Waals surface area contributed by atoms with Crippen LogP contribution in [0, 0.1) is 5.41 Å². The predicted octanol–water partition coefficient (Wildman–Crippen LogP) is 1.65. The Morgan fingerprint density at radius 2 is 1.76 bits per heavy atom. The number of likely N-dealkylation sites (tertiary alicyclic amines) is 1. The highest BCUT2D eigenvalue weighted by atomic mass is 32.2. The van der Waals surface area contributed by atoms with E-state index in [0.717, 1.165) is 0 Å². The fourth-order valence-corrected chi connectivity index (χ4v) is 4.43. The van der Waals surface area contributed by atoms with E-state index in [1.54, 1.807) is 20.8 Å². The lowest BCUT2D eigenvalue weighted by atomic mass is 9.90. The topological polar surface area (TPSA) is 95.0 Å². The molecule has 0 radical (unpaired) electrons. The fourth-order valence-electron chi connectivity index (χ4n) is 2.97. The molecule has 7 nitrogen and oxygen atoms in total. The molecule has 0 spiro atoms. The molecule has 0 aliphatic carbocycles. The van der Waals surface area contributed by atoms with Gasteiger partial charge in [0.1, 0.15) is 0 Å². The van der Waals surface area contributed by atoms with E-state index >= 15 is 0 Å². The molecule has 1 atom stereocenters. The molecule has 8 heteroatoms. The molecule has 1 N–H and O–H groups in total. The maximum absolute atomic E-state index is 12.5. The SMILES string of the molecule is CCN(CC)S(=O)(=O)c1ccc(C(=O)N2CCC(C)(C(=O)O)C2)cc1. The van der Waals surface area contributed by atoms with Crippen molar-refractivity contribution in [2.45, 2.75) is 32.1 Å². The second-order valence-electron chi connectivity index (χ2n) is 6.46. The Kier molecular flexibility index (Phi) is 5.53. The lowest BCUT2D eigenvalue weighted by Crippen LogP contribution is -2.35. The largest absolute Gasteiger partial charge is 0.481 e. The highest BCUT2D eigenvalue weighted by Gasteiger charge is 2.42. The molecule has 0 saturated carbocycles. The Labute approximate surface area is 148 Å². The van der Waals surface area contributed by atoms with Gasteiger partial charge in [0.2, 0.25) is 10.0 Å². The summed E-state index contributed by atoms with van der Waals surface area (Å²) in [6.07, 6.45) is 0.405. The summed E-state index contributed by atoms with van der Waals surface area (Å²) < 4.78 is 26.3. The molecular formula is C17H24N2O5S. The number of carbonyl (C=O) groups excluding carboxylic acids is 1. The number of carboxylic acids is 1. The van der Waals surface area contributed by atoms with Gasteiger partial charge < -0.3 is 10.0 Å². The van der Waals surface area contributed by atoms with Crippen molar-refractivity contribution >= 4 is 21.9 Å². The third-order valence-electron chi connectivity index (χ3n) is 4.72. The van der Waals surface area contributed by atoms with Crippen molar-refractivity contribution in [2.75, 3.05) is 26.2 Å². The molecule has 0 aromatic heterocycles.